The first-order valence-corrected chi connectivity index (χ1v) is 3.97. The van der Waals surface area contributed by atoms with Crippen LogP contribution in [0.5, 0.6) is 0 Å². The highest BCUT2D eigenvalue weighted by molar-refractivity contribution is 5.25. The Morgan fingerprint density at radius 2 is 2.25 bits per heavy atom. The van der Waals surface area contributed by atoms with Gasteiger partial charge in [0.05, 0.1) is 12.1 Å². The second kappa shape index (κ2) is 3.65. The van der Waals surface area contributed by atoms with Gasteiger partial charge in [-0.1, -0.05) is 0 Å². The van der Waals surface area contributed by atoms with Crippen molar-refractivity contribution in [2.45, 2.75) is 26.0 Å². The molecule has 0 aromatic carbocycles. The molecule has 1 heterocycles. The van der Waals surface area contributed by atoms with Gasteiger partial charge in [0.2, 0.25) is 0 Å². The van der Waals surface area contributed by atoms with Crippen molar-refractivity contribution in [1.82, 2.24) is 4.98 Å². The van der Waals surface area contributed by atoms with Crippen LogP contribution in [0, 0.1) is 6.92 Å². The Labute approximate surface area is 72.2 Å². The molecule has 12 heavy (non-hydrogen) atoms. The molecule has 0 fully saturated rings. The van der Waals surface area contributed by atoms with E-state index < -0.39 is 6.10 Å². The van der Waals surface area contributed by atoms with Crippen LogP contribution in [0.15, 0.2) is 18.5 Å². The van der Waals surface area contributed by atoms with Crippen molar-refractivity contribution in [2.24, 2.45) is 5.73 Å². The average Bonchev–Trinajstić information content (AvgIpc) is 2.04. The van der Waals surface area contributed by atoms with E-state index in [-0.39, 0.29) is 6.04 Å². The molecule has 0 aliphatic rings. The molecule has 0 bridgehead atoms. The Morgan fingerprint density at radius 3 is 2.75 bits per heavy atom. The van der Waals surface area contributed by atoms with Gasteiger partial charge in [-0.2, -0.15) is 0 Å². The number of aliphatic hydroxyl groups excluding tert-OH is 1. The number of hydrogen-bond donors (Lipinski definition) is 2. The van der Waals surface area contributed by atoms with Crippen molar-refractivity contribution in [3.63, 3.8) is 0 Å². The molecule has 1 aromatic heterocycles. The van der Waals surface area contributed by atoms with E-state index in [9.17, 15) is 5.11 Å². The third-order valence-corrected chi connectivity index (χ3v) is 1.94. The second-order valence-corrected chi connectivity index (χ2v) is 3.00. The maximum Gasteiger partial charge on any atom is 0.0704 e. The van der Waals surface area contributed by atoms with Crippen LogP contribution in [0.25, 0.3) is 0 Å². The highest BCUT2D eigenvalue weighted by Gasteiger charge is 2.13. The molecule has 1 rings (SSSR count). The summed E-state index contributed by atoms with van der Waals surface area (Å²) >= 11 is 0. The van der Waals surface area contributed by atoms with Crippen molar-refractivity contribution >= 4 is 0 Å². The van der Waals surface area contributed by atoms with E-state index >= 15 is 0 Å². The first-order valence-electron chi connectivity index (χ1n) is 3.97. The number of pyridine rings is 1. The van der Waals surface area contributed by atoms with Crippen molar-refractivity contribution in [3.05, 3.63) is 29.6 Å². The lowest BCUT2D eigenvalue weighted by molar-refractivity contribution is 0.164. The third-order valence-electron chi connectivity index (χ3n) is 1.94. The van der Waals surface area contributed by atoms with Gasteiger partial charge in [0.25, 0.3) is 0 Å². The maximum absolute atomic E-state index is 9.25. The minimum absolute atomic E-state index is 0.312. The van der Waals surface area contributed by atoms with Crippen LogP contribution in [0.4, 0.5) is 0 Å². The molecule has 0 radical (unpaired) electrons. The molecule has 0 unspecified atom stereocenters. The first-order chi connectivity index (χ1) is 5.63. The van der Waals surface area contributed by atoms with E-state index in [0.717, 1.165) is 11.1 Å². The molecule has 0 aliphatic carbocycles. The molecule has 3 nitrogen and oxygen atoms in total. The zero-order chi connectivity index (χ0) is 9.14. The van der Waals surface area contributed by atoms with E-state index in [1.54, 1.807) is 19.3 Å². The van der Waals surface area contributed by atoms with Gasteiger partial charge >= 0.3 is 0 Å². The summed E-state index contributed by atoms with van der Waals surface area (Å²) in [7, 11) is 0. The minimum Gasteiger partial charge on any atom is -0.391 e. The number of rotatable bonds is 2. The Hall–Kier alpha value is -0.930. The molecule has 0 saturated heterocycles. The summed E-state index contributed by atoms with van der Waals surface area (Å²) in [6.45, 7) is 3.62. The van der Waals surface area contributed by atoms with E-state index in [0.29, 0.717) is 0 Å². The Bertz CT molecular complexity index is 260. The summed E-state index contributed by atoms with van der Waals surface area (Å²) in [5.41, 5.74) is 7.74. The summed E-state index contributed by atoms with van der Waals surface area (Å²) < 4.78 is 0. The smallest absolute Gasteiger partial charge is 0.0704 e. The largest absolute Gasteiger partial charge is 0.391 e. The molecule has 66 valence electrons. The predicted molar refractivity (Wildman–Crippen MR) is 47.6 cm³/mol. The highest BCUT2D eigenvalue weighted by atomic mass is 16.3. The number of nitrogens with zero attached hydrogens (tertiary/aromatic N) is 1. The molecule has 2 atom stereocenters. The summed E-state index contributed by atoms with van der Waals surface area (Å²) in [5, 5.41) is 9.25. The normalized spacial score (nSPS) is 15.7. The van der Waals surface area contributed by atoms with Gasteiger partial charge in [-0.25, -0.2) is 0 Å². The number of nitrogens with two attached hydrogens (primary N) is 1. The zero-order valence-corrected chi connectivity index (χ0v) is 7.36. The molecule has 3 heteroatoms. The molecular weight excluding hydrogens is 152 g/mol. The van der Waals surface area contributed by atoms with Crippen LogP contribution in [-0.2, 0) is 0 Å². The minimum atomic E-state index is -0.522. The SMILES string of the molecule is Cc1cnccc1[C@@H](N)[C@@H](C)O. The molecule has 1 aromatic rings. The summed E-state index contributed by atoms with van der Waals surface area (Å²) in [6.07, 6.45) is 2.91. The lowest BCUT2D eigenvalue weighted by atomic mass is 10.0. The Morgan fingerprint density at radius 1 is 1.58 bits per heavy atom. The van der Waals surface area contributed by atoms with Gasteiger partial charge in [-0.15, -0.1) is 0 Å². The molecule has 0 amide bonds. The third kappa shape index (κ3) is 1.81. The summed E-state index contributed by atoms with van der Waals surface area (Å²) in [6, 6.07) is 1.53. The van der Waals surface area contributed by atoms with Crippen LogP contribution >= 0.6 is 0 Å². The van der Waals surface area contributed by atoms with Gasteiger partial charge in [-0.3, -0.25) is 4.98 Å². The van der Waals surface area contributed by atoms with Crippen molar-refractivity contribution in [3.8, 4) is 0 Å². The zero-order valence-electron chi connectivity index (χ0n) is 7.36. The van der Waals surface area contributed by atoms with Crippen molar-refractivity contribution in [2.75, 3.05) is 0 Å². The van der Waals surface area contributed by atoms with E-state index in [1.165, 1.54) is 0 Å². The monoisotopic (exact) mass is 166 g/mol. The number of aromatic nitrogens is 1. The molecular formula is C9H14N2O. The number of aliphatic hydroxyl groups is 1. The molecule has 0 aliphatic heterocycles. The topological polar surface area (TPSA) is 59.1 Å². The molecule has 0 saturated carbocycles. The fourth-order valence-electron chi connectivity index (χ4n) is 1.12. The summed E-state index contributed by atoms with van der Waals surface area (Å²) in [5.74, 6) is 0. The quantitative estimate of drug-likeness (QED) is 0.682. The van der Waals surface area contributed by atoms with Crippen molar-refractivity contribution < 1.29 is 5.11 Å². The second-order valence-electron chi connectivity index (χ2n) is 3.00. The highest BCUT2D eigenvalue weighted by Crippen LogP contribution is 2.16. The standard InChI is InChI=1S/C9H14N2O/c1-6-5-11-4-3-8(6)9(10)7(2)12/h3-5,7,9,12H,10H2,1-2H3/t7-,9+/m1/s1. The van der Waals surface area contributed by atoms with E-state index in [4.69, 9.17) is 5.73 Å². The van der Waals surface area contributed by atoms with Crippen LogP contribution in [0.2, 0.25) is 0 Å². The van der Waals surface area contributed by atoms with Crippen LogP contribution in [-0.4, -0.2) is 16.2 Å². The number of hydrogen-bond acceptors (Lipinski definition) is 3. The van der Waals surface area contributed by atoms with E-state index in [1.807, 2.05) is 13.0 Å². The van der Waals surface area contributed by atoms with E-state index in [2.05, 4.69) is 4.98 Å². The van der Waals surface area contributed by atoms with Gasteiger partial charge in [0, 0.05) is 12.4 Å². The van der Waals surface area contributed by atoms with Crippen LogP contribution in [0.3, 0.4) is 0 Å². The Balaban J connectivity index is 2.94. The first kappa shape index (κ1) is 9.16. The van der Waals surface area contributed by atoms with Gasteiger partial charge in [0.1, 0.15) is 0 Å². The lowest BCUT2D eigenvalue weighted by Crippen LogP contribution is -2.23. The summed E-state index contributed by atoms with van der Waals surface area (Å²) in [4.78, 5) is 3.95. The Kier molecular flexibility index (Phi) is 2.78. The van der Waals surface area contributed by atoms with Crippen LogP contribution in [0.1, 0.15) is 24.1 Å². The fourth-order valence-corrected chi connectivity index (χ4v) is 1.12. The maximum atomic E-state index is 9.25. The lowest BCUT2D eigenvalue weighted by Gasteiger charge is -2.16. The molecule has 3 N–H and O–H groups in total. The van der Waals surface area contributed by atoms with Gasteiger partial charge in [-0.05, 0) is 31.0 Å². The average molecular weight is 166 g/mol. The predicted octanol–water partition coefficient (Wildman–Crippen LogP) is 0.771. The molecule has 0 spiro atoms. The van der Waals surface area contributed by atoms with Crippen molar-refractivity contribution in [1.29, 1.82) is 0 Å². The fraction of sp³-hybridized carbons (Fsp3) is 0.444. The van der Waals surface area contributed by atoms with Crippen LogP contribution < -0.4 is 5.73 Å². The number of aryl methyl sites for hydroxylation is 1. The van der Waals surface area contributed by atoms with Gasteiger partial charge < -0.3 is 10.8 Å². The van der Waals surface area contributed by atoms with Gasteiger partial charge in [0.15, 0.2) is 0 Å².